The molecule has 2 heteroatoms. The van der Waals surface area contributed by atoms with Gasteiger partial charge in [0.1, 0.15) is 5.75 Å². The molecule has 3 unspecified atom stereocenters. The highest BCUT2D eigenvalue weighted by molar-refractivity contribution is 5.45. The van der Waals surface area contributed by atoms with E-state index in [1.807, 2.05) is 0 Å². The molecule has 0 spiro atoms. The molecule has 0 saturated heterocycles. The second-order valence-corrected chi connectivity index (χ2v) is 5.99. The third kappa shape index (κ3) is 2.38. The van der Waals surface area contributed by atoms with E-state index in [0.29, 0.717) is 17.9 Å². The van der Waals surface area contributed by atoms with Crippen molar-refractivity contribution in [3.63, 3.8) is 0 Å². The highest BCUT2D eigenvalue weighted by Crippen LogP contribution is 2.44. The summed E-state index contributed by atoms with van der Waals surface area (Å²) in [6, 6.07) is 7.42. The van der Waals surface area contributed by atoms with E-state index in [1.54, 1.807) is 0 Å². The predicted octanol–water partition coefficient (Wildman–Crippen LogP) is 3.50. The summed E-state index contributed by atoms with van der Waals surface area (Å²) in [4.78, 5) is 0. The van der Waals surface area contributed by atoms with Crippen molar-refractivity contribution in [3.8, 4) is 5.75 Å². The van der Waals surface area contributed by atoms with Crippen molar-refractivity contribution in [2.24, 2.45) is 5.92 Å². The molecule has 2 aliphatic rings. The van der Waals surface area contributed by atoms with Crippen LogP contribution in [0.3, 0.4) is 0 Å². The molecule has 0 bridgehead atoms. The molecule has 1 aromatic rings. The van der Waals surface area contributed by atoms with Crippen molar-refractivity contribution in [1.82, 2.24) is 5.32 Å². The Kier molecular flexibility index (Phi) is 3.79. The predicted molar refractivity (Wildman–Crippen MR) is 78.9 cm³/mol. The van der Waals surface area contributed by atoms with Crippen LogP contribution in [0.1, 0.15) is 50.2 Å². The normalized spacial score (nSPS) is 29.9. The van der Waals surface area contributed by atoms with Crippen LogP contribution < -0.4 is 10.1 Å². The lowest BCUT2D eigenvalue weighted by Crippen LogP contribution is -2.32. The van der Waals surface area contributed by atoms with Gasteiger partial charge in [-0.3, -0.25) is 0 Å². The minimum absolute atomic E-state index is 0.664. The van der Waals surface area contributed by atoms with Crippen molar-refractivity contribution in [3.05, 3.63) is 29.3 Å². The number of fused-ring (bicyclic) bond motifs is 1. The molecule has 0 amide bonds. The molecule has 2 nitrogen and oxygen atoms in total. The number of para-hydroxylation sites is 1. The summed E-state index contributed by atoms with van der Waals surface area (Å²) in [5, 5.41) is 3.63. The topological polar surface area (TPSA) is 21.3 Å². The second kappa shape index (κ2) is 5.54. The van der Waals surface area contributed by atoms with Crippen molar-refractivity contribution in [2.75, 3.05) is 13.2 Å². The van der Waals surface area contributed by atoms with Gasteiger partial charge in [0, 0.05) is 6.04 Å². The summed E-state index contributed by atoms with van der Waals surface area (Å²) in [6.45, 7) is 6.56. The first-order valence-corrected chi connectivity index (χ1v) is 7.79. The molecule has 19 heavy (non-hydrogen) atoms. The summed E-state index contributed by atoms with van der Waals surface area (Å²) < 4.78 is 5.99. The molecule has 0 aromatic heterocycles. The maximum atomic E-state index is 5.99. The van der Waals surface area contributed by atoms with Crippen LogP contribution in [0.5, 0.6) is 5.75 Å². The summed E-state index contributed by atoms with van der Waals surface area (Å²) in [7, 11) is 0. The second-order valence-electron chi connectivity index (χ2n) is 5.99. The first kappa shape index (κ1) is 13.0. The number of benzene rings is 1. The molecule has 1 heterocycles. The third-order valence-corrected chi connectivity index (χ3v) is 4.89. The molecule has 1 aliphatic heterocycles. The molecular formula is C17H25NO. The standard InChI is InChI=1S/C17H25NO/c1-3-18-16-10-9-14(12(16)2)15-8-4-6-13-7-5-11-19-17(13)15/h4,6,8,12,14,16,18H,3,5,7,9-11H2,1-2H3. The van der Waals surface area contributed by atoms with Gasteiger partial charge in [-0.15, -0.1) is 0 Å². The van der Waals surface area contributed by atoms with E-state index in [-0.39, 0.29) is 0 Å². The minimum Gasteiger partial charge on any atom is -0.493 e. The average Bonchev–Trinajstić information content (AvgIpc) is 2.80. The van der Waals surface area contributed by atoms with Crippen molar-refractivity contribution >= 4 is 0 Å². The number of ether oxygens (including phenoxy) is 1. The van der Waals surface area contributed by atoms with Crippen LogP contribution in [0, 0.1) is 5.92 Å². The van der Waals surface area contributed by atoms with Crippen LogP contribution in [0.4, 0.5) is 0 Å². The molecule has 1 N–H and O–H groups in total. The Morgan fingerprint density at radius 3 is 3.05 bits per heavy atom. The van der Waals surface area contributed by atoms with E-state index in [9.17, 15) is 0 Å². The Morgan fingerprint density at radius 1 is 1.32 bits per heavy atom. The van der Waals surface area contributed by atoms with Crippen LogP contribution in [0.25, 0.3) is 0 Å². The largest absolute Gasteiger partial charge is 0.493 e. The van der Waals surface area contributed by atoms with Crippen molar-refractivity contribution < 1.29 is 4.74 Å². The van der Waals surface area contributed by atoms with Gasteiger partial charge in [0.25, 0.3) is 0 Å². The van der Waals surface area contributed by atoms with Crippen LogP contribution in [0.15, 0.2) is 18.2 Å². The van der Waals surface area contributed by atoms with E-state index in [0.717, 1.165) is 19.6 Å². The van der Waals surface area contributed by atoms with E-state index in [4.69, 9.17) is 4.74 Å². The smallest absolute Gasteiger partial charge is 0.125 e. The summed E-state index contributed by atoms with van der Waals surface area (Å²) >= 11 is 0. The van der Waals surface area contributed by atoms with E-state index >= 15 is 0 Å². The molecule has 1 aromatic carbocycles. The summed E-state index contributed by atoms with van der Waals surface area (Å²) in [6.07, 6.45) is 4.93. The fraction of sp³-hybridized carbons (Fsp3) is 0.647. The lowest BCUT2D eigenvalue weighted by atomic mass is 9.86. The minimum atomic E-state index is 0.664. The fourth-order valence-electron chi connectivity index (χ4n) is 3.86. The van der Waals surface area contributed by atoms with Gasteiger partial charge in [-0.2, -0.15) is 0 Å². The highest BCUT2D eigenvalue weighted by Gasteiger charge is 2.35. The van der Waals surface area contributed by atoms with E-state index in [2.05, 4.69) is 37.4 Å². The zero-order chi connectivity index (χ0) is 13.2. The number of aryl methyl sites for hydroxylation is 1. The van der Waals surface area contributed by atoms with Crippen LogP contribution in [0.2, 0.25) is 0 Å². The highest BCUT2D eigenvalue weighted by atomic mass is 16.5. The molecule has 1 saturated carbocycles. The molecule has 3 atom stereocenters. The fourth-order valence-corrected chi connectivity index (χ4v) is 3.86. The SMILES string of the molecule is CCNC1CCC(c2cccc3c2OCCC3)C1C. The first-order valence-electron chi connectivity index (χ1n) is 7.79. The number of rotatable bonds is 3. The Hall–Kier alpha value is -1.02. The lowest BCUT2D eigenvalue weighted by Gasteiger charge is -2.26. The van der Waals surface area contributed by atoms with E-state index in [1.165, 1.54) is 36.1 Å². The van der Waals surface area contributed by atoms with Gasteiger partial charge in [-0.05, 0) is 55.2 Å². The number of hydrogen-bond donors (Lipinski definition) is 1. The maximum Gasteiger partial charge on any atom is 0.125 e. The summed E-state index contributed by atoms with van der Waals surface area (Å²) in [5.41, 5.74) is 2.88. The monoisotopic (exact) mass is 259 g/mol. The lowest BCUT2D eigenvalue weighted by molar-refractivity contribution is 0.280. The van der Waals surface area contributed by atoms with Crippen LogP contribution in [-0.2, 0) is 6.42 Å². The number of nitrogens with one attached hydrogen (secondary N) is 1. The molecule has 1 aliphatic carbocycles. The van der Waals surface area contributed by atoms with Gasteiger partial charge in [-0.1, -0.05) is 32.0 Å². The molecule has 0 radical (unpaired) electrons. The van der Waals surface area contributed by atoms with Gasteiger partial charge < -0.3 is 10.1 Å². The Bertz CT molecular complexity index is 443. The van der Waals surface area contributed by atoms with Crippen molar-refractivity contribution in [1.29, 1.82) is 0 Å². The van der Waals surface area contributed by atoms with Gasteiger partial charge in [0.05, 0.1) is 6.61 Å². The zero-order valence-electron chi connectivity index (χ0n) is 12.1. The molecule has 104 valence electrons. The molecular weight excluding hydrogens is 234 g/mol. The average molecular weight is 259 g/mol. The van der Waals surface area contributed by atoms with E-state index < -0.39 is 0 Å². The Balaban J connectivity index is 1.87. The maximum absolute atomic E-state index is 5.99. The van der Waals surface area contributed by atoms with Gasteiger partial charge in [-0.25, -0.2) is 0 Å². The van der Waals surface area contributed by atoms with Crippen LogP contribution >= 0.6 is 0 Å². The Morgan fingerprint density at radius 2 is 2.21 bits per heavy atom. The zero-order valence-corrected chi connectivity index (χ0v) is 12.1. The molecule has 3 rings (SSSR count). The quantitative estimate of drug-likeness (QED) is 0.897. The van der Waals surface area contributed by atoms with Crippen molar-refractivity contribution in [2.45, 2.75) is 51.5 Å². The summed E-state index contributed by atoms with van der Waals surface area (Å²) in [5.74, 6) is 2.58. The third-order valence-electron chi connectivity index (χ3n) is 4.89. The first-order chi connectivity index (χ1) is 9.31. The van der Waals surface area contributed by atoms with Gasteiger partial charge in [0.2, 0.25) is 0 Å². The number of hydrogen-bond acceptors (Lipinski definition) is 2. The van der Waals surface area contributed by atoms with Crippen LogP contribution in [-0.4, -0.2) is 19.2 Å². The Labute approximate surface area is 116 Å². The van der Waals surface area contributed by atoms with Gasteiger partial charge >= 0.3 is 0 Å². The van der Waals surface area contributed by atoms with Gasteiger partial charge in [0.15, 0.2) is 0 Å². The molecule has 1 fully saturated rings.